The smallest absolute Gasteiger partial charge is 0.201 e. The molecule has 0 radical (unpaired) electrons. The molecule has 2 heterocycles. The first-order chi connectivity index (χ1) is 10.7. The van der Waals surface area contributed by atoms with Gasteiger partial charge in [-0.1, -0.05) is 12.1 Å². The number of hydrogen-bond acceptors (Lipinski definition) is 5. The second kappa shape index (κ2) is 7.02. The minimum Gasteiger partial charge on any atom is -0.356 e. The fourth-order valence-corrected chi connectivity index (χ4v) is 3.35. The van der Waals surface area contributed by atoms with E-state index in [0.717, 1.165) is 49.1 Å². The summed E-state index contributed by atoms with van der Waals surface area (Å²) >= 11 is 0. The first-order valence-electron chi connectivity index (χ1n) is 7.56. The predicted octanol–water partition coefficient (Wildman–Crippen LogP) is 1.35. The molecule has 1 N–H and O–H groups in total. The van der Waals surface area contributed by atoms with Crippen LogP contribution in [0.3, 0.4) is 0 Å². The molecule has 0 bridgehead atoms. The Morgan fingerprint density at radius 2 is 1.95 bits per heavy atom. The molecule has 0 saturated carbocycles. The maximum atomic E-state index is 10.5. The number of benzene rings is 1. The SMILES string of the molecule is O=[SH](=O)NCCC1CCN(c2ncnc3ccccc23)CC1. The maximum absolute atomic E-state index is 10.5. The molecule has 0 amide bonds. The van der Waals surface area contributed by atoms with Crippen LogP contribution in [0.25, 0.3) is 10.9 Å². The molecule has 118 valence electrons. The number of aromatic nitrogens is 2. The second-order valence-corrected chi connectivity index (χ2v) is 6.43. The molecule has 1 aliphatic rings. The van der Waals surface area contributed by atoms with Crippen molar-refractivity contribution in [2.75, 3.05) is 24.5 Å². The van der Waals surface area contributed by atoms with Crippen molar-refractivity contribution in [1.82, 2.24) is 14.7 Å². The Morgan fingerprint density at radius 3 is 2.73 bits per heavy atom. The van der Waals surface area contributed by atoms with E-state index in [2.05, 4.69) is 25.7 Å². The molecule has 2 aromatic rings. The Hall–Kier alpha value is -1.73. The van der Waals surface area contributed by atoms with Gasteiger partial charge in [-0.05, 0) is 37.3 Å². The lowest BCUT2D eigenvalue weighted by Crippen LogP contribution is -2.35. The average Bonchev–Trinajstić information content (AvgIpc) is 2.55. The summed E-state index contributed by atoms with van der Waals surface area (Å²) in [5.41, 5.74) is 0.970. The molecule has 1 aromatic carbocycles. The number of anilines is 1. The third-order valence-corrected chi connectivity index (χ3v) is 4.71. The van der Waals surface area contributed by atoms with Crippen LogP contribution in [0, 0.1) is 5.92 Å². The summed E-state index contributed by atoms with van der Waals surface area (Å²) in [4.78, 5) is 11.1. The molecule has 1 saturated heterocycles. The Kier molecular flexibility index (Phi) is 4.84. The second-order valence-electron chi connectivity index (χ2n) is 5.60. The first-order valence-corrected chi connectivity index (χ1v) is 8.74. The third kappa shape index (κ3) is 3.53. The van der Waals surface area contributed by atoms with E-state index in [4.69, 9.17) is 0 Å². The van der Waals surface area contributed by atoms with Gasteiger partial charge >= 0.3 is 0 Å². The predicted molar refractivity (Wildman–Crippen MR) is 87.4 cm³/mol. The monoisotopic (exact) mass is 320 g/mol. The standard InChI is InChI=1S/C15H20N4O2S/c20-22(21)18-8-5-12-6-9-19(10-7-12)15-13-3-1-2-4-14(13)16-11-17-15/h1-4,11-12,22H,5-10H2,(H,18,20,21). The van der Waals surface area contributed by atoms with Crippen LogP contribution in [0.15, 0.2) is 30.6 Å². The zero-order valence-electron chi connectivity index (χ0n) is 12.3. The van der Waals surface area contributed by atoms with Gasteiger partial charge in [0, 0.05) is 25.0 Å². The molecule has 0 aliphatic carbocycles. The van der Waals surface area contributed by atoms with Crippen molar-refractivity contribution in [3.05, 3.63) is 30.6 Å². The van der Waals surface area contributed by atoms with E-state index in [-0.39, 0.29) is 0 Å². The zero-order valence-corrected chi connectivity index (χ0v) is 13.2. The van der Waals surface area contributed by atoms with Gasteiger partial charge in [0.05, 0.1) is 5.52 Å². The molecule has 3 rings (SSSR count). The van der Waals surface area contributed by atoms with Crippen LogP contribution in [0.2, 0.25) is 0 Å². The molecule has 0 atom stereocenters. The van der Waals surface area contributed by atoms with Gasteiger partial charge in [0.2, 0.25) is 10.9 Å². The molecular weight excluding hydrogens is 300 g/mol. The third-order valence-electron chi connectivity index (χ3n) is 4.23. The minimum atomic E-state index is -2.47. The van der Waals surface area contributed by atoms with E-state index in [1.165, 1.54) is 0 Å². The van der Waals surface area contributed by atoms with Crippen LogP contribution in [0.5, 0.6) is 0 Å². The van der Waals surface area contributed by atoms with Crippen molar-refractivity contribution in [1.29, 1.82) is 0 Å². The van der Waals surface area contributed by atoms with Crippen molar-refractivity contribution in [3.63, 3.8) is 0 Å². The minimum absolute atomic E-state index is 0.541. The zero-order chi connectivity index (χ0) is 15.4. The van der Waals surface area contributed by atoms with Crippen molar-refractivity contribution in [2.45, 2.75) is 19.3 Å². The molecule has 1 aromatic heterocycles. The van der Waals surface area contributed by atoms with Gasteiger partial charge in [-0.2, -0.15) is 0 Å². The molecule has 7 heteroatoms. The van der Waals surface area contributed by atoms with Crippen molar-refractivity contribution >= 4 is 27.6 Å². The fraction of sp³-hybridized carbons (Fsp3) is 0.467. The molecule has 6 nitrogen and oxygen atoms in total. The van der Waals surface area contributed by atoms with Crippen molar-refractivity contribution in [2.24, 2.45) is 5.92 Å². The summed E-state index contributed by atoms with van der Waals surface area (Å²) in [5.74, 6) is 1.58. The van der Waals surface area contributed by atoms with Gasteiger partial charge in [0.1, 0.15) is 12.1 Å². The average molecular weight is 320 g/mol. The summed E-state index contributed by atoms with van der Waals surface area (Å²) in [6.45, 7) is 2.45. The van der Waals surface area contributed by atoms with E-state index in [9.17, 15) is 8.42 Å². The molecular formula is C15H20N4O2S. The number of fused-ring (bicyclic) bond motifs is 1. The van der Waals surface area contributed by atoms with Crippen LogP contribution in [-0.4, -0.2) is 38.0 Å². The summed E-state index contributed by atoms with van der Waals surface area (Å²) in [7, 11) is -2.47. The van der Waals surface area contributed by atoms with E-state index < -0.39 is 10.9 Å². The fourth-order valence-electron chi connectivity index (χ4n) is 3.04. The summed E-state index contributed by atoms with van der Waals surface area (Å²) < 4.78 is 23.5. The first kappa shape index (κ1) is 15.2. The number of thiol groups is 1. The highest BCUT2D eigenvalue weighted by Crippen LogP contribution is 2.28. The van der Waals surface area contributed by atoms with Gasteiger partial charge in [0.25, 0.3) is 0 Å². The van der Waals surface area contributed by atoms with Gasteiger partial charge < -0.3 is 4.90 Å². The van der Waals surface area contributed by atoms with E-state index in [1.54, 1.807) is 6.33 Å². The number of para-hydroxylation sites is 1. The van der Waals surface area contributed by atoms with Crippen LogP contribution in [0.4, 0.5) is 5.82 Å². The van der Waals surface area contributed by atoms with Crippen LogP contribution < -0.4 is 9.62 Å². The lowest BCUT2D eigenvalue weighted by Gasteiger charge is -2.33. The summed E-state index contributed by atoms with van der Waals surface area (Å²) in [5, 5.41) is 1.09. The largest absolute Gasteiger partial charge is 0.356 e. The van der Waals surface area contributed by atoms with E-state index >= 15 is 0 Å². The number of rotatable bonds is 5. The Bertz CT molecular complexity index is 698. The van der Waals surface area contributed by atoms with Gasteiger partial charge in [-0.25, -0.2) is 23.1 Å². The van der Waals surface area contributed by atoms with Crippen molar-refractivity contribution in [3.8, 4) is 0 Å². The highest BCUT2D eigenvalue weighted by Gasteiger charge is 2.21. The summed E-state index contributed by atoms with van der Waals surface area (Å²) in [6.07, 6.45) is 4.66. The molecule has 1 aliphatic heterocycles. The van der Waals surface area contributed by atoms with Crippen LogP contribution in [0.1, 0.15) is 19.3 Å². The van der Waals surface area contributed by atoms with Crippen LogP contribution >= 0.6 is 0 Å². The van der Waals surface area contributed by atoms with Crippen LogP contribution in [-0.2, 0) is 10.9 Å². The molecule has 1 fully saturated rings. The highest BCUT2D eigenvalue weighted by atomic mass is 32.2. The molecule has 0 spiro atoms. The lowest BCUT2D eigenvalue weighted by atomic mass is 9.93. The van der Waals surface area contributed by atoms with E-state index in [0.29, 0.717) is 12.5 Å². The van der Waals surface area contributed by atoms with E-state index in [1.807, 2.05) is 18.2 Å². The number of piperidine rings is 1. The lowest BCUT2D eigenvalue weighted by molar-refractivity contribution is 0.381. The maximum Gasteiger partial charge on any atom is 0.201 e. The van der Waals surface area contributed by atoms with Crippen molar-refractivity contribution < 1.29 is 8.42 Å². The number of hydrogen-bond donors (Lipinski definition) is 2. The number of nitrogens with one attached hydrogen (secondary N) is 1. The topological polar surface area (TPSA) is 75.2 Å². The Balaban J connectivity index is 1.63. The molecule has 22 heavy (non-hydrogen) atoms. The highest BCUT2D eigenvalue weighted by molar-refractivity contribution is 7.70. The normalized spacial score (nSPS) is 16.5. The van der Waals surface area contributed by atoms with Gasteiger partial charge in [-0.3, -0.25) is 0 Å². The van der Waals surface area contributed by atoms with Gasteiger partial charge in [0.15, 0.2) is 0 Å². The Labute approximate surface area is 131 Å². The Morgan fingerprint density at radius 1 is 1.18 bits per heavy atom. The number of nitrogens with zero attached hydrogens (tertiary/aromatic N) is 3. The quantitative estimate of drug-likeness (QED) is 0.814. The summed E-state index contributed by atoms with van der Waals surface area (Å²) in [6, 6.07) is 8.06. The molecule has 0 unspecified atom stereocenters. The van der Waals surface area contributed by atoms with Gasteiger partial charge in [-0.15, -0.1) is 0 Å².